The Morgan fingerprint density at radius 3 is 2.34 bits per heavy atom. The van der Waals surface area contributed by atoms with E-state index in [1.807, 2.05) is 19.9 Å². The van der Waals surface area contributed by atoms with Gasteiger partial charge in [0.1, 0.15) is 12.4 Å². The molecule has 29 heavy (non-hydrogen) atoms. The Kier molecular flexibility index (Phi) is 7.88. The van der Waals surface area contributed by atoms with E-state index < -0.39 is 18.0 Å². The zero-order chi connectivity index (χ0) is 21.4. The SMILES string of the molecule is Cc1ccc(C(=O)NCC(=O)O[C@H](C)C(=O)NCCc2ccc(F)cc2)cc1C. The Hall–Kier alpha value is -3.22. The van der Waals surface area contributed by atoms with E-state index in [1.165, 1.54) is 19.1 Å². The van der Waals surface area contributed by atoms with E-state index in [-0.39, 0.29) is 18.3 Å². The summed E-state index contributed by atoms with van der Waals surface area (Å²) in [6.07, 6.45) is -0.465. The number of benzene rings is 2. The van der Waals surface area contributed by atoms with Crippen LogP contribution in [-0.2, 0) is 20.7 Å². The number of aryl methyl sites for hydroxylation is 2. The van der Waals surface area contributed by atoms with Crippen LogP contribution in [0.2, 0.25) is 0 Å². The van der Waals surface area contributed by atoms with Crippen molar-refractivity contribution in [3.63, 3.8) is 0 Å². The molecule has 2 aromatic carbocycles. The first-order valence-corrected chi connectivity index (χ1v) is 9.33. The van der Waals surface area contributed by atoms with Crippen molar-refractivity contribution in [3.05, 3.63) is 70.5 Å². The van der Waals surface area contributed by atoms with Gasteiger partial charge in [-0.1, -0.05) is 18.2 Å². The van der Waals surface area contributed by atoms with Gasteiger partial charge in [0, 0.05) is 12.1 Å². The highest BCUT2D eigenvalue weighted by Gasteiger charge is 2.18. The van der Waals surface area contributed by atoms with Crippen LogP contribution in [0.5, 0.6) is 0 Å². The third-order valence-electron chi connectivity index (χ3n) is 4.47. The summed E-state index contributed by atoms with van der Waals surface area (Å²) in [5.74, 6) is -1.85. The van der Waals surface area contributed by atoms with Crippen molar-refractivity contribution >= 4 is 17.8 Å². The summed E-state index contributed by atoms with van der Waals surface area (Å²) in [7, 11) is 0. The molecule has 0 saturated carbocycles. The van der Waals surface area contributed by atoms with Gasteiger partial charge in [-0.05, 0) is 68.1 Å². The molecule has 6 nitrogen and oxygen atoms in total. The number of ether oxygens (including phenoxy) is 1. The minimum atomic E-state index is -0.991. The fourth-order valence-electron chi connectivity index (χ4n) is 2.55. The van der Waals surface area contributed by atoms with Crippen LogP contribution in [0, 0.1) is 19.7 Å². The lowest BCUT2D eigenvalue weighted by Crippen LogP contribution is -2.39. The van der Waals surface area contributed by atoms with Crippen LogP contribution in [0.3, 0.4) is 0 Å². The van der Waals surface area contributed by atoms with Gasteiger partial charge in [-0.25, -0.2) is 4.39 Å². The zero-order valence-corrected chi connectivity index (χ0v) is 16.8. The molecule has 0 aliphatic heterocycles. The van der Waals surface area contributed by atoms with Crippen LogP contribution in [0.25, 0.3) is 0 Å². The van der Waals surface area contributed by atoms with Gasteiger partial charge in [0.2, 0.25) is 0 Å². The van der Waals surface area contributed by atoms with E-state index >= 15 is 0 Å². The van der Waals surface area contributed by atoms with E-state index in [1.54, 1.807) is 24.3 Å². The van der Waals surface area contributed by atoms with Crippen LogP contribution in [0.4, 0.5) is 4.39 Å². The van der Waals surface area contributed by atoms with Crippen LogP contribution < -0.4 is 10.6 Å². The molecular weight excluding hydrogens is 375 g/mol. The molecule has 2 N–H and O–H groups in total. The monoisotopic (exact) mass is 400 g/mol. The molecule has 0 radical (unpaired) electrons. The fourth-order valence-corrected chi connectivity index (χ4v) is 2.55. The molecule has 0 aliphatic carbocycles. The van der Waals surface area contributed by atoms with Crippen molar-refractivity contribution in [1.82, 2.24) is 10.6 Å². The van der Waals surface area contributed by atoms with Crippen molar-refractivity contribution in [1.29, 1.82) is 0 Å². The van der Waals surface area contributed by atoms with Crippen LogP contribution >= 0.6 is 0 Å². The minimum Gasteiger partial charge on any atom is -0.451 e. The summed E-state index contributed by atoms with van der Waals surface area (Å²) >= 11 is 0. The maximum Gasteiger partial charge on any atom is 0.326 e. The first-order chi connectivity index (χ1) is 13.8. The van der Waals surface area contributed by atoms with Gasteiger partial charge in [0.25, 0.3) is 11.8 Å². The third-order valence-corrected chi connectivity index (χ3v) is 4.47. The summed E-state index contributed by atoms with van der Waals surface area (Å²) in [5, 5.41) is 5.14. The molecule has 0 aliphatic rings. The molecule has 0 unspecified atom stereocenters. The number of carbonyl (C=O) groups is 3. The zero-order valence-electron chi connectivity index (χ0n) is 16.8. The molecule has 2 aromatic rings. The molecule has 2 rings (SSSR count). The smallest absolute Gasteiger partial charge is 0.326 e. The Labute approximate surface area is 169 Å². The number of rotatable bonds is 8. The van der Waals surface area contributed by atoms with Crippen LogP contribution in [0.15, 0.2) is 42.5 Å². The van der Waals surface area contributed by atoms with Gasteiger partial charge in [-0.3, -0.25) is 14.4 Å². The number of amides is 2. The highest BCUT2D eigenvalue weighted by molar-refractivity contribution is 5.96. The predicted octanol–water partition coefficient (Wildman–Crippen LogP) is 2.46. The Balaban J connectivity index is 1.71. The highest BCUT2D eigenvalue weighted by atomic mass is 19.1. The van der Waals surface area contributed by atoms with Gasteiger partial charge >= 0.3 is 5.97 Å². The molecule has 0 saturated heterocycles. The molecular formula is C22H25FN2O4. The average molecular weight is 400 g/mol. The Morgan fingerprint density at radius 2 is 1.69 bits per heavy atom. The van der Waals surface area contributed by atoms with Gasteiger partial charge in [0.15, 0.2) is 6.10 Å². The maximum absolute atomic E-state index is 12.9. The maximum atomic E-state index is 12.9. The highest BCUT2D eigenvalue weighted by Crippen LogP contribution is 2.09. The number of carbonyl (C=O) groups excluding carboxylic acids is 3. The number of halogens is 1. The van der Waals surface area contributed by atoms with Gasteiger partial charge in [-0.2, -0.15) is 0 Å². The number of hydrogen-bond acceptors (Lipinski definition) is 4. The summed E-state index contributed by atoms with van der Waals surface area (Å²) < 4.78 is 17.9. The van der Waals surface area contributed by atoms with E-state index in [9.17, 15) is 18.8 Å². The van der Waals surface area contributed by atoms with Crippen LogP contribution in [-0.4, -0.2) is 37.0 Å². The molecule has 2 amide bonds. The standard InChI is InChI=1S/C22H25FN2O4/c1-14-4-7-18(12-15(14)2)22(28)25-13-20(26)29-16(3)21(27)24-11-10-17-5-8-19(23)9-6-17/h4-9,12,16H,10-11,13H2,1-3H3,(H,24,27)(H,25,28)/t16-/m1/s1. The predicted molar refractivity (Wildman–Crippen MR) is 107 cm³/mol. The first-order valence-electron chi connectivity index (χ1n) is 9.33. The third kappa shape index (κ3) is 7.03. The molecule has 154 valence electrons. The normalized spacial score (nSPS) is 11.4. The van der Waals surface area contributed by atoms with E-state index in [0.717, 1.165) is 16.7 Å². The van der Waals surface area contributed by atoms with Crippen molar-refractivity contribution in [2.75, 3.05) is 13.1 Å². The fraction of sp³-hybridized carbons (Fsp3) is 0.318. The lowest BCUT2D eigenvalue weighted by Gasteiger charge is -2.14. The van der Waals surface area contributed by atoms with Crippen molar-refractivity contribution < 1.29 is 23.5 Å². The second-order valence-corrected chi connectivity index (χ2v) is 6.78. The second-order valence-electron chi connectivity index (χ2n) is 6.78. The van der Waals surface area contributed by atoms with Gasteiger partial charge < -0.3 is 15.4 Å². The lowest BCUT2D eigenvalue weighted by molar-refractivity contribution is -0.153. The second kappa shape index (κ2) is 10.4. The summed E-state index contributed by atoms with van der Waals surface area (Å²) in [5.41, 5.74) is 3.38. The summed E-state index contributed by atoms with van der Waals surface area (Å²) in [6, 6.07) is 11.3. The minimum absolute atomic E-state index is 0.317. The van der Waals surface area contributed by atoms with Gasteiger partial charge in [-0.15, -0.1) is 0 Å². The largest absolute Gasteiger partial charge is 0.451 e. The molecule has 1 atom stereocenters. The molecule has 0 aromatic heterocycles. The quantitative estimate of drug-likeness (QED) is 0.667. The Bertz CT molecular complexity index is 881. The van der Waals surface area contributed by atoms with Crippen LogP contribution in [0.1, 0.15) is 34.0 Å². The first kappa shape index (κ1) is 22.1. The molecule has 7 heteroatoms. The topological polar surface area (TPSA) is 84.5 Å². The number of esters is 1. The van der Waals surface area contributed by atoms with Crippen molar-refractivity contribution in [3.8, 4) is 0 Å². The van der Waals surface area contributed by atoms with Crippen molar-refractivity contribution in [2.45, 2.75) is 33.3 Å². The van der Waals surface area contributed by atoms with E-state index in [2.05, 4.69) is 10.6 Å². The summed E-state index contributed by atoms with van der Waals surface area (Å²) in [6.45, 7) is 5.29. The number of hydrogen-bond donors (Lipinski definition) is 2. The lowest BCUT2D eigenvalue weighted by atomic mass is 10.1. The van der Waals surface area contributed by atoms with E-state index in [4.69, 9.17) is 4.74 Å². The average Bonchev–Trinajstić information content (AvgIpc) is 2.69. The molecule has 0 spiro atoms. The molecule has 0 fully saturated rings. The molecule has 0 bridgehead atoms. The van der Waals surface area contributed by atoms with E-state index in [0.29, 0.717) is 18.5 Å². The molecule has 0 heterocycles. The Morgan fingerprint density at radius 1 is 1.00 bits per heavy atom. The van der Waals surface area contributed by atoms with Crippen molar-refractivity contribution in [2.24, 2.45) is 0 Å². The number of nitrogens with one attached hydrogen (secondary N) is 2. The summed E-state index contributed by atoms with van der Waals surface area (Å²) in [4.78, 5) is 36.0. The van der Waals surface area contributed by atoms with Gasteiger partial charge in [0.05, 0.1) is 0 Å².